The second-order valence-electron chi connectivity index (χ2n) is 4.54. The topological polar surface area (TPSA) is 53.3 Å². The Kier molecular flexibility index (Phi) is 4.74. The largest absolute Gasteiger partial charge is 0.260 e. The van der Waals surface area contributed by atoms with E-state index in [1.807, 2.05) is 24.3 Å². The summed E-state index contributed by atoms with van der Waals surface area (Å²) >= 11 is 0. The Labute approximate surface area is 119 Å². The van der Waals surface area contributed by atoms with Crippen LogP contribution in [0.2, 0.25) is 0 Å². The van der Waals surface area contributed by atoms with Gasteiger partial charge in [-0.05, 0) is 28.8 Å². The van der Waals surface area contributed by atoms with Crippen molar-refractivity contribution in [3.63, 3.8) is 0 Å². The Morgan fingerprint density at radius 1 is 1.10 bits per heavy atom. The summed E-state index contributed by atoms with van der Waals surface area (Å²) in [5.74, 6) is 0.206. The maximum atomic E-state index is 12.9. The van der Waals surface area contributed by atoms with Crippen molar-refractivity contribution in [3.8, 4) is 0 Å². The molecule has 2 atom stereocenters. The molecule has 0 amide bonds. The molecule has 2 unspecified atom stereocenters. The number of halogens is 1. The molecule has 0 heterocycles. The quantitative estimate of drug-likeness (QED) is 0.836. The zero-order valence-electron chi connectivity index (χ0n) is 11.0. The first-order chi connectivity index (χ1) is 9.60. The third-order valence-corrected chi connectivity index (χ3v) is 3.72. The van der Waals surface area contributed by atoms with Crippen LogP contribution < -0.4 is 0 Å². The van der Waals surface area contributed by atoms with Crippen LogP contribution in [0.5, 0.6) is 0 Å². The fraction of sp³-hybridized carbons (Fsp3) is 0.200. The number of benzene rings is 2. The van der Waals surface area contributed by atoms with Gasteiger partial charge >= 0.3 is 0 Å². The van der Waals surface area contributed by atoms with Crippen LogP contribution in [-0.2, 0) is 16.6 Å². The van der Waals surface area contributed by atoms with Gasteiger partial charge in [-0.25, -0.2) is 9.92 Å². The fourth-order valence-corrected chi connectivity index (χ4v) is 2.68. The first-order valence-electron chi connectivity index (χ1n) is 6.11. The summed E-state index contributed by atoms with van der Waals surface area (Å²) in [4.78, 5) is 0. The van der Waals surface area contributed by atoms with Crippen LogP contribution >= 0.6 is 0 Å². The summed E-state index contributed by atoms with van der Waals surface area (Å²) in [6.07, 6.45) is 1.66. The van der Waals surface area contributed by atoms with Gasteiger partial charge in [0, 0.05) is 22.8 Å². The van der Waals surface area contributed by atoms with E-state index in [0.717, 1.165) is 16.7 Å². The monoisotopic (exact) mass is 290 g/mol. The van der Waals surface area contributed by atoms with Crippen molar-refractivity contribution in [2.75, 3.05) is 6.26 Å². The lowest BCUT2D eigenvalue weighted by Gasteiger charge is -2.12. The molecule has 1 N–H and O–H groups in total. The first-order valence-corrected chi connectivity index (χ1v) is 7.84. The van der Waals surface area contributed by atoms with Crippen LogP contribution in [0.15, 0.2) is 53.6 Å². The third kappa shape index (κ3) is 3.57. The van der Waals surface area contributed by atoms with Crippen molar-refractivity contribution in [2.45, 2.75) is 11.8 Å². The van der Waals surface area contributed by atoms with Gasteiger partial charge in [0.05, 0.1) is 0 Å². The molecule has 0 aliphatic heterocycles. The van der Waals surface area contributed by atoms with E-state index in [4.69, 9.17) is 5.53 Å². The number of rotatable bonds is 5. The van der Waals surface area contributed by atoms with Crippen molar-refractivity contribution in [1.29, 1.82) is 5.53 Å². The molecule has 0 saturated carbocycles. The Balaban J connectivity index is 2.25. The standard InChI is InChI=1S/C15H15FN2OS/c1-20(19)10-11-2-4-12(5-3-11)15(18-17)13-6-8-14(16)9-7-13/h2-9,15,17H,10H2,1H3. The van der Waals surface area contributed by atoms with Gasteiger partial charge in [-0.2, -0.15) is 5.11 Å². The van der Waals surface area contributed by atoms with E-state index in [0.29, 0.717) is 5.75 Å². The molecule has 0 radical (unpaired) electrons. The van der Waals surface area contributed by atoms with Crippen LogP contribution in [0.4, 0.5) is 4.39 Å². The highest BCUT2D eigenvalue weighted by Gasteiger charge is 2.13. The fourth-order valence-electron chi connectivity index (χ4n) is 2.02. The van der Waals surface area contributed by atoms with Gasteiger partial charge in [0.25, 0.3) is 0 Å². The predicted molar refractivity (Wildman–Crippen MR) is 77.6 cm³/mol. The van der Waals surface area contributed by atoms with Crippen LogP contribution in [-0.4, -0.2) is 10.5 Å². The summed E-state index contributed by atoms with van der Waals surface area (Å²) in [5, 5.41) is 3.62. The maximum Gasteiger partial charge on any atom is 0.123 e. The lowest BCUT2D eigenvalue weighted by Crippen LogP contribution is -1.98. The van der Waals surface area contributed by atoms with Gasteiger partial charge in [0.15, 0.2) is 0 Å². The van der Waals surface area contributed by atoms with Crippen LogP contribution in [0.25, 0.3) is 0 Å². The number of nitrogens with zero attached hydrogens (tertiary/aromatic N) is 1. The molecule has 5 heteroatoms. The van der Waals surface area contributed by atoms with E-state index in [-0.39, 0.29) is 5.82 Å². The smallest absolute Gasteiger partial charge is 0.123 e. The normalized spacial score (nSPS) is 13.7. The highest BCUT2D eigenvalue weighted by Crippen LogP contribution is 2.26. The van der Waals surface area contributed by atoms with Gasteiger partial charge in [-0.3, -0.25) is 4.21 Å². The molecule has 2 rings (SSSR count). The van der Waals surface area contributed by atoms with E-state index in [9.17, 15) is 8.60 Å². The highest BCUT2D eigenvalue weighted by molar-refractivity contribution is 7.83. The highest BCUT2D eigenvalue weighted by atomic mass is 32.2. The molecular weight excluding hydrogens is 275 g/mol. The molecule has 0 fully saturated rings. The van der Waals surface area contributed by atoms with E-state index in [1.165, 1.54) is 12.1 Å². The molecule has 0 aliphatic rings. The zero-order valence-corrected chi connectivity index (χ0v) is 11.9. The molecule has 2 aromatic carbocycles. The van der Waals surface area contributed by atoms with Crippen LogP contribution in [0.3, 0.4) is 0 Å². The summed E-state index contributed by atoms with van der Waals surface area (Å²) < 4.78 is 24.1. The lowest BCUT2D eigenvalue weighted by molar-refractivity contribution is 0.625. The van der Waals surface area contributed by atoms with Gasteiger partial charge in [-0.1, -0.05) is 36.4 Å². The molecule has 3 nitrogen and oxygen atoms in total. The van der Waals surface area contributed by atoms with Gasteiger partial charge in [0.1, 0.15) is 11.9 Å². The second-order valence-corrected chi connectivity index (χ2v) is 5.98. The molecule has 2 aromatic rings. The van der Waals surface area contributed by atoms with Gasteiger partial charge in [-0.15, -0.1) is 0 Å². The molecule has 0 aliphatic carbocycles. The number of nitrogens with one attached hydrogen (secondary N) is 1. The average Bonchev–Trinajstić information content (AvgIpc) is 2.43. The van der Waals surface area contributed by atoms with Gasteiger partial charge < -0.3 is 0 Å². The van der Waals surface area contributed by atoms with Crippen molar-refractivity contribution >= 4 is 10.8 Å². The number of hydrogen-bond acceptors (Lipinski definition) is 3. The minimum Gasteiger partial charge on any atom is -0.260 e. The van der Waals surface area contributed by atoms with Crippen molar-refractivity contribution in [1.82, 2.24) is 0 Å². The summed E-state index contributed by atoms with van der Waals surface area (Å²) in [6, 6.07) is 13.1. The number of hydrogen-bond donors (Lipinski definition) is 1. The Morgan fingerprint density at radius 3 is 2.05 bits per heavy atom. The molecule has 104 valence electrons. The van der Waals surface area contributed by atoms with E-state index in [2.05, 4.69) is 5.11 Å². The van der Waals surface area contributed by atoms with E-state index in [1.54, 1.807) is 18.4 Å². The third-order valence-electron chi connectivity index (χ3n) is 2.98. The molecule has 0 aromatic heterocycles. The molecule has 0 bridgehead atoms. The summed E-state index contributed by atoms with van der Waals surface area (Å²) in [6.45, 7) is 0. The van der Waals surface area contributed by atoms with Gasteiger partial charge in [0.2, 0.25) is 0 Å². The Morgan fingerprint density at radius 2 is 1.60 bits per heavy atom. The molecule has 0 saturated heterocycles. The van der Waals surface area contributed by atoms with Crippen molar-refractivity contribution in [3.05, 3.63) is 71.0 Å². The molecular formula is C15H15FN2OS. The minimum absolute atomic E-state index is 0.307. The minimum atomic E-state index is -0.876. The van der Waals surface area contributed by atoms with Crippen LogP contribution in [0.1, 0.15) is 22.7 Å². The SMILES string of the molecule is CS(=O)Cc1ccc(C(N=N)c2ccc(F)cc2)cc1. The summed E-state index contributed by atoms with van der Waals surface area (Å²) in [5.41, 5.74) is 9.95. The molecule has 20 heavy (non-hydrogen) atoms. The Hall–Kier alpha value is -1.88. The predicted octanol–water partition coefficient (Wildman–Crippen LogP) is 3.82. The van der Waals surface area contributed by atoms with Crippen molar-refractivity contribution < 1.29 is 8.60 Å². The Bertz CT molecular complexity index is 611. The maximum absolute atomic E-state index is 12.9. The average molecular weight is 290 g/mol. The zero-order chi connectivity index (χ0) is 14.5. The lowest BCUT2D eigenvalue weighted by atomic mass is 9.99. The first kappa shape index (κ1) is 14.5. The van der Waals surface area contributed by atoms with Crippen LogP contribution in [0, 0.1) is 11.3 Å². The van der Waals surface area contributed by atoms with Crippen molar-refractivity contribution in [2.24, 2.45) is 5.11 Å². The second kappa shape index (κ2) is 6.52. The molecule has 0 spiro atoms. The van der Waals surface area contributed by atoms with E-state index < -0.39 is 16.8 Å². The van der Waals surface area contributed by atoms with E-state index >= 15 is 0 Å². The summed E-state index contributed by atoms with van der Waals surface area (Å²) in [7, 11) is -0.876.